The predicted molar refractivity (Wildman–Crippen MR) is 78.9 cm³/mol. The maximum atomic E-state index is 12.5. The Bertz CT molecular complexity index is 553. The normalized spacial score (nSPS) is 21.1. The van der Waals surface area contributed by atoms with Crippen molar-refractivity contribution in [2.24, 2.45) is 5.92 Å². The second-order valence-electron chi connectivity index (χ2n) is 5.91. The highest BCUT2D eigenvalue weighted by atomic mass is 16.5. The lowest BCUT2D eigenvalue weighted by atomic mass is 9.84. The van der Waals surface area contributed by atoms with E-state index in [1.807, 2.05) is 6.07 Å². The Kier molecular flexibility index (Phi) is 4.42. The van der Waals surface area contributed by atoms with Crippen molar-refractivity contribution >= 4 is 11.8 Å². The van der Waals surface area contributed by atoms with Gasteiger partial charge in [0.25, 0.3) is 0 Å². The van der Waals surface area contributed by atoms with E-state index >= 15 is 0 Å². The van der Waals surface area contributed by atoms with E-state index in [2.05, 4.69) is 10.4 Å². The van der Waals surface area contributed by atoms with Crippen LogP contribution in [-0.4, -0.2) is 53.3 Å². The second-order valence-corrected chi connectivity index (χ2v) is 5.91. The maximum Gasteiger partial charge on any atom is 0.246 e. The van der Waals surface area contributed by atoms with Crippen LogP contribution in [0.4, 0.5) is 0 Å². The van der Waals surface area contributed by atoms with Gasteiger partial charge in [0.05, 0.1) is 25.4 Å². The van der Waals surface area contributed by atoms with Gasteiger partial charge in [0.1, 0.15) is 6.04 Å². The summed E-state index contributed by atoms with van der Waals surface area (Å²) in [6.45, 7) is 1.86. The van der Waals surface area contributed by atoms with Crippen LogP contribution in [0.15, 0.2) is 12.3 Å². The first-order valence-electron chi connectivity index (χ1n) is 7.78. The predicted octanol–water partition coefficient (Wildman–Crippen LogP) is 0.329. The highest BCUT2D eigenvalue weighted by molar-refractivity contribution is 5.83. The van der Waals surface area contributed by atoms with Crippen molar-refractivity contribution in [3.63, 3.8) is 0 Å². The Morgan fingerprint density at radius 2 is 2.27 bits per heavy atom. The lowest BCUT2D eigenvalue weighted by molar-refractivity contribution is -0.141. The van der Waals surface area contributed by atoms with E-state index in [4.69, 9.17) is 4.74 Å². The fourth-order valence-corrected chi connectivity index (χ4v) is 2.96. The van der Waals surface area contributed by atoms with Crippen molar-refractivity contribution in [3.05, 3.63) is 18.0 Å². The van der Waals surface area contributed by atoms with Crippen LogP contribution >= 0.6 is 0 Å². The second kappa shape index (κ2) is 6.48. The molecule has 120 valence electrons. The topological polar surface area (TPSA) is 76.5 Å². The number of methoxy groups -OCH3 is 1. The highest BCUT2D eigenvalue weighted by Gasteiger charge is 2.36. The van der Waals surface area contributed by atoms with Gasteiger partial charge in [0, 0.05) is 25.8 Å². The summed E-state index contributed by atoms with van der Waals surface area (Å²) in [5, 5.41) is 7.08. The van der Waals surface area contributed by atoms with Crippen LogP contribution in [0, 0.1) is 5.92 Å². The molecule has 1 aliphatic heterocycles. The number of hydrogen-bond acceptors (Lipinski definition) is 4. The van der Waals surface area contributed by atoms with Crippen molar-refractivity contribution in [1.29, 1.82) is 0 Å². The van der Waals surface area contributed by atoms with Crippen LogP contribution in [0.2, 0.25) is 0 Å². The summed E-state index contributed by atoms with van der Waals surface area (Å²) in [7, 11) is 1.59. The molecule has 0 spiro atoms. The molecule has 1 aliphatic carbocycles. The molecule has 0 bridgehead atoms. The van der Waals surface area contributed by atoms with Crippen LogP contribution < -0.4 is 5.32 Å². The molecule has 7 nitrogen and oxygen atoms in total. The Morgan fingerprint density at radius 1 is 1.45 bits per heavy atom. The molecule has 1 aromatic heterocycles. The molecule has 2 aliphatic rings. The molecule has 1 unspecified atom stereocenters. The first-order valence-corrected chi connectivity index (χ1v) is 7.78. The van der Waals surface area contributed by atoms with E-state index in [1.165, 1.54) is 0 Å². The number of nitrogens with zero attached hydrogens (tertiary/aromatic N) is 3. The lowest BCUT2D eigenvalue weighted by Gasteiger charge is -2.37. The van der Waals surface area contributed by atoms with Gasteiger partial charge in [-0.05, 0) is 18.9 Å². The third-order valence-electron chi connectivity index (χ3n) is 4.47. The monoisotopic (exact) mass is 306 g/mol. The van der Waals surface area contributed by atoms with Crippen molar-refractivity contribution in [1.82, 2.24) is 20.0 Å². The molecule has 3 rings (SSSR count). The van der Waals surface area contributed by atoms with Crippen LogP contribution in [-0.2, 0) is 20.9 Å². The summed E-state index contributed by atoms with van der Waals surface area (Å²) in [6, 6.07) is 1.41. The zero-order chi connectivity index (χ0) is 15.5. The zero-order valence-corrected chi connectivity index (χ0v) is 12.8. The molecular weight excluding hydrogens is 284 g/mol. The summed E-state index contributed by atoms with van der Waals surface area (Å²) in [6.07, 6.45) is 4.75. The van der Waals surface area contributed by atoms with Gasteiger partial charge >= 0.3 is 0 Å². The Hall–Kier alpha value is -1.89. The molecule has 2 amide bonds. The summed E-state index contributed by atoms with van der Waals surface area (Å²) < 4.78 is 6.67. The van der Waals surface area contributed by atoms with Gasteiger partial charge in [-0.15, -0.1) is 0 Å². The third-order valence-corrected chi connectivity index (χ3v) is 4.47. The standard InChI is InChI=1S/C15H22N4O3/c1-22-8-7-16-14(20)13-10-18(15(21)11-3-2-4-11)9-12-5-6-17-19(12)13/h5-6,11,13H,2-4,7-10H2,1H3,(H,16,20). The van der Waals surface area contributed by atoms with E-state index in [1.54, 1.807) is 22.9 Å². The molecular formula is C15H22N4O3. The first kappa shape index (κ1) is 15.0. The zero-order valence-electron chi connectivity index (χ0n) is 12.8. The van der Waals surface area contributed by atoms with Crippen LogP contribution in [0.3, 0.4) is 0 Å². The lowest BCUT2D eigenvalue weighted by Crippen LogP contribution is -2.49. The third kappa shape index (κ3) is 2.85. The largest absolute Gasteiger partial charge is 0.383 e. The molecule has 1 atom stereocenters. The molecule has 0 aromatic carbocycles. The molecule has 2 heterocycles. The number of fused-ring (bicyclic) bond motifs is 1. The average molecular weight is 306 g/mol. The van der Waals surface area contributed by atoms with Gasteiger partial charge in [-0.25, -0.2) is 0 Å². The average Bonchev–Trinajstić information content (AvgIpc) is 2.92. The van der Waals surface area contributed by atoms with E-state index in [0.29, 0.717) is 26.2 Å². The van der Waals surface area contributed by atoms with Crippen molar-refractivity contribution in [2.75, 3.05) is 26.8 Å². The van der Waals surface area contributed by atoms with E-state index in [0.717, 1.165) is 25.0 Å². The minimum absolute atomic E-state index is 0.117. The van der Waals surface area contributed by atoms with E-state index < -0.39 is 6.04 Å². The molecule has 22 heavy (non-hydrogen) atoms. The van der Waals surface area contributed by atoms with Crippen molar-refractivity contribution in [2.45, 2.75) is 31.8 Å². The van der Waals surface area contributed by atoms with Crippen molar-refractivity contribution < 1.29 is 14.3 Å². The van der Waals surface area contributed by atoms with Gasteiger partial charge in [0.2, 0.25) is 11.8 Å². The van der Waals surface area contributed by atoms with E-state index in [-0.39, 0.29) is 17.7 Å². The number of nitrogens with one attached hydrogen (secondary N) is 1. The number of amides is 2. The van der Waals surface area contributed by atoms with E-state index in [9.17, 15) is 9.59 Å². The Labute approximate surface area is 129 Å². The molecule has 0 radical (unpaired) electrons. The number of carbonyl (C=O) groups excluding carboxylic acids is 2. The molecule has 1 aromatic rings. The Balaban J connectivity index is 1.71. The summed E-state index contributed by atoms with van der Waals surface area (Å²) in [4.78, 5) is 26.7. The fourth-order valence-electron chi connectivity index (χ4n) is 2.96. The smallest absolute Gasteiger partial charge is 0.246 e. The number of aromatic nitrogens is 2. The van der Waals surface area contributed by atoms with Crippen LogP contribution in [0.25, 0.3) is 0 Å². The van der Waals surface area contributed by atoms with Gasteiger partial charge in [0.15, 0.2) is 0 Å². The number of hydrogen-bond donors (Lipinski definition) is 1. The molecule has 7 heteroatoms. The SMILES string of the molecule is COCCNC(=O)C1CN(C(=O)C2CCC2)Cc2ccnn21. The summed E-state index contributed by atoms with van der Waals surface area (Å²) in [5.74, 6) is 0.202. The van der Waals surface area contributed by atoms with Crippen LogP contribution in [0.5, 0.6) is 0 Å². The quantitative estimate of drug-likeness (QED) is 0.795. The van der Waals surface area contributed by atoms with Gasteiger partial charge < -0.3 is 15.0 Å². The molecule has 1 N–H and O–H groups in total. The molecule has 1 saturated carbocycles. The summed E-state index contributed by atoms with van der Waals surface area (Å²) >= 11 is 0. The number of ether oxygens (including phenoxy) is 1. The number of rotatable bonds is 5. The number of carbonyl (C=O) groups is 2. The fraction of sp³-hybridized carbons (Fsp3) is 0.667. The van der Waals surface area contributed by atoms with Crippen molar-refractivity contribution in [3.8, 4) is 0 Å². The minimum atomic E-state index is -0.459. The molecule has 1 fully saturated rings. The Morgan fingerprint density at radius 3 is 2.95 bits per heavy atom. The van der Waals surface area contributed by atoms with Gasteiger partial charge in [-0.1, -0.05) is 6.42 Å². The summed E-state index contributed by atoms with van der Waals surface area (Å²) in [5.41, 5.74) is 0.908. The maximum absolute atomic E-state index is 12.5. The van der Waals surface area contributed by atoms with Crippen LogP contribution in [0.1, 0.15) is 31.0 Å². The highest BCUT2D eigenvalue weighted by Crippen LogP contribution is 2.31. The molecule has 0 saturated heterocycles. The van der Waals surface area contributed by atoms with Gasteiger partial charge in [-0.2, -0.15) is 5.10 Å². The first-order chi connectivity index (χ1) is 10.7. The minimum Gasteiger partial charge on any atom is -0.383 e. The van der Waals surface area contributed by atoms with Gasteiger partial charge in [-0.3, -0.25) is 14.3 Å².